The molecule has 2 aromatic rings. The van der Waals surface area contributed by atoms with Gasteiger partial charge in [0.05, 0.1) is 0 Å². The van der Waals surface area contributed by atoms with E-state index in [-0.39, 0.29) is 0 Å². The zero-order valence-electron chi connectivity index (χ0n) is 16.1. The minimum atomic E-state index is 0.668. The average Bonchev–Trinajstić information content (AvgIpc) is 3.29. The first kappa shape index (κ1) is 19.2. The molecule has 136 valence electrons. The molecule has 0 aromatic carbocycles. The summed E-state index contributed by atoms with van der Waals surface area (Å²) >= 11 is 4.06. The zero-order valence-corrected chi connectivity index (χ0v) is 17.7. The lowest BCUT2D eigenvalue weighted by Gasteiger charge is -2.26. The summed E-state index contributed by atoms with van der Waals surface area (Å²) in [6.45, 7) is 5.25. The molecule has 1 saturated carbocycles. The van der Waals surface area contributed by atoms with E-state index in [1.54, 1.807) is 20.7 Å². The molecule has 1 aliphatic rings. The van der Waals surface area contributed by atoms with Crippen molar-refractivity contribution in [1.29, 1.82) is 0 Å². The van der Waals surface area contributed by atoms with Crippen LogP contribution in [0.5, 0.6) is 0 Å². The Balaban J connectivity index is 1.81. The summed E-state index contributed by atoms with van der Waals surface area (Å²) in [7, 11) is 0. The third-order valence-electron chi connectivity index (χ3n) is 5.72. The first-order valence-electron chi connectivity index (χ1n) is 10.5. The van der Waals surface area contributed by atoms with Gasteiger partial charge in [-0.15, -0.1) is 0 Å². The van der Waals surface area contributed by atoms with E-state index in [9.17, 15) is 0 Å². The van der Waals surface area contributed by atoms with Crippen LogP contribution in [0.1, 0.15) is 82.8 Å². The molecule has 1 aliphatic carbocycles. The first-order valence-corrected chi connectivity index (χ1v) is 12.2. The van der Waals surface area contributed by atoms with Crippen LogP contribution in [0.4, 0.5) is 0 Å². The molecule has 3 rings (SSSR count). The molecular weight excluding hydrogens is 339 g/mol. The Labute approximate surface area is 163 Å². The van der Waals surface area contributed by atoms with Gasteiger partial charge in [-0.05, 0) is 57.1 Å². The highest BCUT2D eigenvalue weighted by atomic mass is 32.1. The lowest BCUT2D eigenvalue weighted by molar-refractivity contribution is 0.500. The molecule has 25 heavy (non-hydrogen) atoms. The SMILES string of the molecule is CCCCc1csc(B(c2cc(CCCC)cs2)C2CCCCC2)c1. The topological polar surface area (TPSA) is 0 Å². The molecule has 0 bridgehead atoms. The third kappa shape index (κ3) is 5.23. The van der Waals surface area contributed by atoms with Crippen molar-refractivity contribution < 1.29 is 0 Å². The van der Waals surface area contributed by atoms with Gasteiger partial charge in [0.25, 0.3) is 0 Å². The highest BCUT2D eigenvalue weighted by molar-refractivity contribution is 7.31. The molecule has 0 unspecified atom stereocenters. The highest BCUT2D eigenvalue weighted by Gasteiger charge is 2.32. The van der Waals surface area contributed by atoms with Gasteiger partial charge in [-0.3, -0.25) is 0 Å². The van der Waals surface area contributed by atoms with Crippen LogP contribution in [0.15, 0.2) is 22.9 Å². The van der Waals surface area contributed by atoms with Gasteiger partial charge in [0.15, 0.2) is 0 Å². The van der Waals surface area contributed by atoms with Gasteiger partial charge in [0, 0.05) is 0 Å². The van der Waals surface area contributed by atoms with Crippen molar-refractivity contribution in [3.05, 3.63) is 34.0 Å². The van der Waals surface area contributed by atoms with Crippen LogP contribution in [0, 0.1) is 0 Å². The molecule has 0 spiro atoms. The predicted molar refractivity (Wildman–Crippen MR) is 118 cm³/mol. The fourth-order valence-corrected chi connectivity index (χ4v) is 6.60. The minimum absolute atomic E-state index is 0.668. The Kier molecular flexibility index (Phi) is 7.67. The molecule has 0 amide bonds. The van der Waals surface area contributed by atoms with Crippen molar-refractivity contribution in [3.8, 4) is 0 Å². The second-order valence-electron chi connectivity index (χ2n) is 7.80. The van der Waals surface area contributed by atoms with Crippen LogP contribution in [-0.4, -0.2) is 6.71 Å². The zero-order chi connectivity index (χ0) is 17.5. The maximum absolute atomic E-state index is 2.55. The van der Waals surface area contributed by atoms with Crippen molar-refractivity contribution in [2.45, 2.75) is 90.3 Å². The fraction of sp³-hybridized carbons (Fsp3) is 0.636. The van der Waals surface area contributed by atoms with Crippen LogP contribution in [0.25, 0.3) is 0 Å². The number of aryl methyl sites for hydroxylation is 2. The summed E-state index contributed by atoms with van der Waals surface area (Å²) < 4.78 is 3.28. The summed E-state index contributed by atoms with van der Waals surface area (Å²) in [5.41, 5.74) is 3.15. The van der Waals surface area contributed by atoms with E-state index in [1.807, 2.05) is 22.7 Å². The Morgan fingerprint density at radius 1 is 0.840 bits per heavy atom. The number of unbranched alkanes of at least 4 members (excludes halogenated alkanes) is 2. The van der Waals surface area contributed by atoms with Gasteiger partial charge < -0.3 is 0 Å². The quantitative estimate of drug-likeness (QED) is 0.445. The predicted octanol–water partition coefficient (Wildman–Crippen LogP) is 6.44. The van der Waals surface area contributed by atoms with Crippen molar-refractivity contribution in [1.82, 2.24) is 0 Å². The van der Waals surface area contributed by atoms with Gasteiger partial charge >= 0.3 is 0 Å². The number of hydrogen-bond acceptors (Lipinski definition) is 2. The molecule has 0 saturated heterocycles. The molecule has 0 atom stereocenters. The summed E-state index contributed by atoms with van der Waals surface area (Å²) in [6.07, 6.45) is 14.9. The monoisotopic (exact) mass is 372 g/mol. The Morgan fingerprint density at radius 2 is 1.36 bits per heavy atom. The number of rotatable bonds is 9. The third-order valence-corrected chi connectivity index (χ3v) is 7.85. The van der Waals surface area contributed by atoms with E-state index in [1.165, 1.54) is 70.6 Å². The average molecular weight is 372 g/mol. The standard InChI is InChI=1S/C22H33BS2/c1-3-5-10-18-14-21(24-16-18)23(20-12-8-7-9-13-20)22-15-19(17-25-22)11-6-4-2/h14-17,20H,3-13H2,1-2H3. The lowest BCUT2D eigenvalue weighted by atomic mass is 9.37. The smallest absolute Gasteiger partial charge is 0.158 e. The van der Waals surface area contributed by atoms with E-state index in [4.69, 9.17) is 0 Å². The van der Waals surface area contributed by atoms with Gasteiger partial charge in [0.2, 0.25) is 6.71 Å². The van der Waals surface area contributed by atoms with Crippen LogP contribution in [0.3, 0.4) is 0 Å². The van der Waals surface area contributed by atoms with Crippen LogP contribution in [0.2, 0.25) is 5.82 Å². The molecule has 0 N–H and O–H groups in total. The second kappa shape index (κ2) is 9.97. The normalized spacial score (nSPS) is 15.6. The fourth-order valence-electron chi connectivity index (χ4n) is 4.21. The molecule has 2 heterocycles. The van der Waals surface area contributed by atoms with Crippen LogP contribution >= 0.6 is 22.7 Å². The Hall–Kier alpha value is -0.535. The summed E-state index contributed by atoms with van der Waals surface area (Å²) in [5.74, 6) is 0.865. The van der Waals surface area contributed by atoms with Crippen molar-refractivity contribution in [2.24, 2.45) is 0 Å². The molecule has 0 aliphatic heterocycles. The van der Waals surface area contributed by atoms with Gasteiger partial charge in [-0.2, -0.15) is 22.7 Å². The highest BCUT2D eigenvalue weighted by Crippen LogP contribution is 2.32. The Bertz CT molecular complexity index is 575. The van der Waals surface area contributed by atoms with E-state index in [0.717, 1.165) is 5.82 Å². The molecule has 0 radical (unpaired) electrons. The molecular formula is C22H33BS2. The van der Waals surface area contributed by atoms with Crippen LogP contribution < -0.4 is 9.55 Å². The van der Waals surface area contributed by atoms with Crippen molar-refractivity contribution >= 4 is 38.9 Å². The largest absolute Gasteiger partial charge is 0.238 e. The van der Waals surface area contributed by atoms with E-state index >= 15 is 0 Å². The van der Waals surface area contributed by atoms with Crippen molar-refractivity contribution in [3.63, 3.8) is 0 Å². The maximum Gasteiger partial charge on any atom is 0.238 e. The van der Waals surface area contributed by atoms with Crippen molar-refractivity contribution in [2.75, 3.05) is 0 Å². The lowest BCUT2D eigenvalue weighted by Crippen LogP contribution is -2.43. The Morgan fingerprint density at radius 3 is 1.84 bits per heavy atom. The van der Waals surface area contributed by atoms with E-state index in [2.05, 4.69) is 36.7 Å². The van der Waals surface area contributed by atoms with Gasteiger partial charge in [-0.25, -0.2) is 0 Å². The first-order chi connectivity index (χ1) is 12.3. The van der Waals surface area contributed by atoms with E-state index in [0.29, 0.717) is 6.71 Å². The minimum Gasteiger partial charge on any atom is -0.158 e. The summed E-state index contributed by atoms with van der Waals surface area (Å²) in [6, 6.07) is 5.09. The maximum atomic E-state index is 2.55. The van der Waals surface area contributed by atoms with E-state index < -0.39 is 0 Å². The van der Waals surface area contributed by atoms with Gasteiger partial charge in [-0.1, -0.05) is 76.7 Å². The number of thiophene rings is 2. The second-order valence-corrected chi connectivity index (χ2v) is 9.68. The van der Waals surface area contributed by atoms with Gasteiger partial charge in [0.1, 0.15) is 0 Å². The molecule has 2 aromatic heterocycles. The summed E-state index contributed by atoms with van der Waals surface area (Å²) in [5, 5.41) is 4.87. The number of hydrogen-bond donors (Lipinski definition) is 0. The summed E-state index contributed by atoms with van der Waals surface area (Å²) in [4.78, 5) is 0. The molecule has 0 nitrogen and oxygen atoms in total. The van der Waals surface area contributed by atoms with Crippen LogP contribution in [-0.2, 0) is 12.8 Å². The molecule has 1 fully saturated rings. The molecule has 3 heteroatoms.